The average Bonchev–Trinajstić information content (AvgIpc) is 3.40. The molecule has 2 aromatic heterocycles. The van der Waals surface area contributed by atoms with E-state index in [1.54, 1.807) is 0 Å². The zero-order chi connectivity index (χ0) is 25.5. The van der Waals surface area contributed by atoms with Crippen molar-refractivity contribution in [2.45, 2.75) is 0 Å². The van der Waals surface area contributed by atoms with Crippen molar-refractivity contribution < 1.29 is 0 Å². The molecule has 0 spiro atoms. The molecule has 0 radical (unpaired) electrons. The molecule has 0 unspecified atom stereocenters. The highest BCUT2D eigenvalue weighted by Crippen LogP contribution is 2.45. The second-order valence-electron chi connectivity index (χ2n) is 10.4. The Hall–Kier alpha value is -4.79. The first-order valence-corrected chi connectivity index (χ1v) is 14.1. The molecule has 0 aliphatic heterocycles. The third-order valence-electron chi connectivity index (χ3n) is 8.23. The van der Waals surface area contributed by atoms with E-state index in [1.807, 2.05) is 17.5 Å². The summed E-state index contributed by atoms with van der Waals surface area (Å²) < 4.78 is 2.74. The van der Waals surface area contributed by atoms with Crippen molar-refractivity contribution >= 4 is 74.6 Å². The van der Waals surface area contributed by atoms with Gasteiger partial charge >= 0.3 is 0 Å². The second kappa shape index (κ2) is 7.86. The first kappa shape index (κ1) is 21.2. The molecule has 7 aromatic carbocycles. The number of aromatic nitrogens is 1. The lowest BCUT2D eigenvalue weighted by Crippen LogP contribution is -1.87. The van der Waals surface area contributed by atoms with Crippen molar-refractivity contribution in [3.05, 3.63) is 128 Å². The van der Waals surface area contributed by atoms with Gasteiger partial charge in [-0.2, -0.15) is 0 Å². The number of thiophene rings is 1. The van der Waals surface area contributed by atoms with Crippen LogP contribution in [0.2, 0.25) is 0 Å². The number of fused-ring (bicyclic) bond motifs is 4. The Labute approximate surface area is 228 Å². The normalized spacial score (nSPS) is 12.1. The predicted molar refractivity (Wildman–Crippen MR) is 169 cm³/mol. The topological polar surface area (TPSA) is 12.9 Å². The lowest BCUT2D eigenvalue weighted by atomic mass is 9.95. The molecule has 0 N–H and O–H groups in total. The van der Waals surface area contributed by atoms with Gasteiger partial charge in [0.25, 0.3) is 0 Å². The zero-order valence-corrected chi connectivity index (χ0v) is 21.8. The van der Waals surface area contributed by atoms with Crippen LogP contribution >= 0.6 is 11.3 Å². The molecular weight excluding hydrogens is 490 g/mol. The molecule has 0 fully saturated rings. The van der Waals surface area contributed by atoms with Crippen LogP contribution in [-0.4, -0.2) is 4.98 Å². The largest absolute Gasteiger partial charge is 0.256 e. The number of nitrogens with zero attached hydrogens (tertiary/aromatic N) is 1. The minimum Gasteiger partial charge on any atom is -0.256 e. The number of hydrogen-bond donors (Lipinski definition) is 0. The molecule has 9 rings (SSSR count). The molecule has 180 valence electrons. The van der Waals surface area contributed by atoms with E-state index in [1.165, 1.54) is 74.4 Å². The average molecular weight is 512 g/mol. The Morgan fingerprint density at radius 2 is 1.15 bits per heavy atom. The van der Waals surface area contributed by atoms with Crippen molar-refractivity contribution in [3.63, 3.8) is 0 Å². The quantitative estimate of drug-likeness (QED) is 0.210. The summed E-state index contributed by atoms with van der Waals surface area (Å²) in [7, 11) is 0. The van der Waals surface area contributed by atoms with Crippen molar-refractivity contribution in [2.24, 2.45) is 0 Å². The maximum Gasteiger partial charge on any atom is 0.0708 e. The predicted octanol–water partition coefficient (Wildman–Crippen LogP) is 10.8. The zero-order valence-electron chi connectivity index (χ0n) is 21.0. The van der Waals surface area contributed by atoms with E-state index in [9.17, 15) is 0 Å². The number of hydrogen-bond acceptors (Lipinski definition) is 2. The summed E-state index contributed by atoms with van der Waals surface area (Å²) in [5.74, 6) is 0. The lowest BCUT2D eigenvalue weighted by molar-refractivity contribution is 1.36. The van der Waals surface area contributed by atoms with Crippen LogP contribution in [0.4, 0.5) is 0 Å². The molecule has 1 nitrogen and oxygen atoms in total. The molecular formula is C37H21NS. The van der Waals surface area contributed by atoms with Crippen LogP contribution < -0.4 is 0 Å². The standard InChI is InChI=1S/C37H21NS/c1-2-6-30-22(4-1)8-15-29-21-38-33(20-32(29)30)28-14-12-25-18-27(13-11-26(25)19-28)31-17-16-24-10-9-23-5-3-7-34-35(23)36(24)37(31)39-34/h1-21H. The molecule has 0 atom stereocenters. The first-order chi connectivity index (χ1) is 19.3. The van der Waals surface area contributed by atoms with Crippen LogP contribution in [0.15, 0.2) is 128 Å². The summed E-state index contributed by atoms with van der Waals surface area (Å²) in [6, 6.07) is 44.4. The van der Waals surface area contributed by atoms with Crippen LogP contribution in [-0.2, 0) is 0 Å². The molecule has 0 saturated heterocycles. The van der Waals surface area contributed by atoms with Gasteiger partial charge in [-0.3, -0.25) is 4.98 Å². The Kier molecular flexibility index (Phi) is 4.27. The molecule has 0 aliphatic carbocycles. The lowest BCUT2D eigenvalue weighted by Gasteiger charge is -2.10. The van der Waals surface area contributed by atoms with Gasteiger partial charge < -0.3 is 0 Å². The Bertz CT molecular complexity index is 2390. The van der Waals surface area contributed by atoms with Gasteiger partial charge in [0.2, 0.25) is 0 Å². The second-order valence-corrected chi connectivity index (χ2v) is 11.5. The number of rotatable bonds is 2. The Balaban J connectivity index is 1.18. The first-order valence-electron chi connectivity index (χ1n) is 13.3. The third kappa shape index (κ3) is 3.10. The van der Waals surface area contributed by atoms with Crippen LogP contribution in [0.5, 0.6) is 0 Å². The van der Waals surface area contributed by atoms with Gasteiger partial charge in [0, 0.05) is 37.3 Å². The van der Waals surface area contributed by atoms with E-state index >= 15 is 0 Å². The van der Waals surface area contributed by atoms with Crippen molar-refractivity contribution in [1.82, 2.24) is 4.98 Å². The van der Waals surface area contributed by atoms with E-state index in [0.717, 1.165) is 11.3 Å². The van der Waals surface area contributed by atoms with Crippen LogP contribution in [0.3, 0.4) is 0 Å². The molecule has 2 heteroatoms. The Morgan fingerprint density at radius 1 is 0.462 bits per heavy atom. The van der Waals surface area contributed by atoms with E-state index in [-0.39, 0.29) is 0 Å². The maximum absolute atomic E-state index is 4.83. The minimum atomic E-state index is 1.01. The van der Waals surface area contributed by atoms with Crippen molar-refractivity contribution in [1.29, 1.82) is 0 Å². The fourth-order valence-corrected chi connectivity index (χ4v) is 7.59. The van der Waals surface area contributed by atoms with Gasteiger partial charge in [-0.25, -0.2) is 0 Å². The van der Waals surface area contributed by atoms with Gasteiger partial charge in [-0.05, 0) is 73.1 Å². The summed E-state index contributed by atoms with van der Waals surface area (Å²) >= 11 is 1.91. The molecule has 0 bridgehead atoms. The van der Waals surface area contributed by atoms with Crippen molar-refractivity contribution in [2.75, 3.05) is 0 Å². The van der Waals surface area contributed by atoms with E-state index in [4.69, 9.17) is 4.98 Å². The smallest absolute Gasteiger partial charge is 0.0708 e. The fourth-order valence-electron chi connectivity index (χ4n) is 6.29. The molecule has 0 saturated carbocycles. The van der Waals surface area contributed by atoms with Gasteiger partial charge in [-0.15, -0.1) is 11.3 Å². The Morgan fingerprint density at radius 3 is 2.08 bits per heavy atom. The fraction of sp³-hybridized carbons (Fsp3) is 0. The van der Waals surface area contributed by atoms with Gasteiger partial charge in [0.05, 0.1) is 5.69 Å². The van der Waals surface area contributed by atoms with Gasteiger partial charge in [0.15, 0.2) is 0 Å². The van der Waals surface area contributed by atoms with E-state index in [0.29, 0.717) is 0 Å². The highest BCUT2D eigenvalue weighted by molar-refractivity contribution is 7.26. The molecule has 2 heterocycles. The van der Waals surface area contributed by atoms with Crippen LogP contribution in [0, 0.1) is 0 Å². The SMILES string of the molecule is c1ccc2c(c1)ccc1cnc(-c3ccc4cc(-c5ccc6ccc7cccc8sc5c6c78)ccc4c3)cc12. The third-order valence-corrected chi connectivity index (χ3v) is 9.42. The number of benzene rings is 7. The molecule has 0 amide bonds. The number of pyridine rings is 1. The summed E-state index contributed by atoms with van der Waals surface area (Å²) in [4.78, 5) is 4.83. The minimum absolute atomic E-state index is 1.01. The maximum atomic E-state index is 4.83. The van der Waals surface area contributed by atoms with Crippen molar-refractivity contribution in [3.8, 4) is 22.4 Å². The molecule has 0 aliphatic rings. The molecule has 9 aromatic rings. The highest BCUT2D eigenvalue weighted by Gasteiger charge is 2.15. The molecule has 39 heavy (non-hydrogen) atoms. The van der Waals surface area contributed by atoms with Gasteiger partial charge in [-0.1, -0.05) is 97.1 Å². The highest BCUT2D eigenvalue weighted by atomic mass is 32.1. The van der Waals surface area contributed by atoms with E-state index in [2.05, 4.69) is 121 Å². The van der Waals surface area contributed by atoms with E-state index < -0.39 is 0 Å². The van der Waals surface area contributed by atoms with Crippen LogP contribution in [0.25, 0.3) is 85.6 Å². The summed E-state index contributed by atoms with van der Waals surface area (Å²) in [5, 5.41) is 12.9. The summed E-state index contributed by atoms with van der Waals surface area (Å²) in [5.41, 5.74) is 4.72. The van der Waals surface area contributed by atoms with Crippen LogP contribution in [0.1, 0.15) is 0 Å². The summed E-state index contributed by atoms with van der Waals surface area (Å²) in [6.07, 6.45) is 2.00. The summed E-state index contributed by atoms with van der Waals surface area (Å²) in [6.45, 7) is 0. The van der Waals surface area contributed by atoms with Gasteiger partial charge in [0.1, 0.15) is 0 Å². The monoisotopic (exact) mass is 511 g/mol.